The zero-order valence-electron chi connectivity index (χ0n) is 40.8. The Labute approximate surface area is 433 Å². The smallest absolute Gasteiger partial charge is 0.406 e. The van der Waals surface area contributed by atoms with Crippen molar-refractivity contribution in [3.63, 3.8) is 0 Å². The standard InChI is InChI=1S/C20H20N4O3S.C11H8BrN3O3.C9H12NS.3C4H9.Sn/c25-24(26)19-17(27-13-14-6-8-21-9-7-14)10-16(11-22-19)18-12-23-20(28-18)15-4-2-1-3-5-15;12-9-5-10(11(14-6-9)15(16)17)18-7-8-1-3-13-4-2-8;1-2-4-8(5-3-1)9-10-6-7-11-9;3*1-3-4-2;/h6-12,15H,1-5,13H2;1-6H,7H2;6,8H,1-5H2;3*1,3-4H2,2H3;. The van der Waals surface area contributed by atoms with Gasteiger partial charge in [0.15, 0.2) is 6.20 Å². The average Bonchev–Trinajstić information content (AvgIpc) is 4.11. The first-order valence-electron chi connectivity index (χ1n) is 25.0. The molecule has 0 aliphatic heterocycles. The molecule has 0 atom stereocenters. The third-order valence-corrected chi connectivity index (χ3v) is 34.0. The number of hydrogen-bond donors (Lipinski definition) is 0. The van der Waals surface area contributed by atoms with E-state index in [1.807, 2.05) is 21.2 Å². The monoisotopic (exact) mass is 1160 g/mol. The van der Waals surface area contributed by atoms with Crippen molar-refractivity contribution in [3.8, 4) is 21.9 Å². The van der Waals surface area contributed by atoms with Crippen LogP contribution in [0.2, 0.25) is 13.3 Å². The molecule has 0 aromatic carbocycles. The Morgan fingerprint density at radius 1 is 0.614 bits per heavy atom. The summed E-state index contributed by atoms with van der Waals surface area (Å²) < 4.78 is 18.3. The summed E-state index contributed by atoms with van der Waals surface area (Å²) >= 11 is 4.81. The summed E-state index contributed by atoms with van der Waals surface area (Å²) in [7, 11) is 0. The molecule has 6 aromatic rings. The molecule has 2 aliphatic rings. The van der Waals surface area contributed by atoms with Crippen molar-refractivity contribution in [1.82, 2.24) is 29.9 Å². The van der Waals surface area contributed by atoms with E-state index in [9.17, 15) is 20.2 Å². The molecule has 0 unspecified atom stereocenters. The number of halogens is 1. The Bertz CT molecular complexity index is 2490. The quantitative estimate of drug-likeness (QED) is 0.0378. The molecule has 2 saturated carbocycles. The summed E-state index contributed by atoms with van der Waals surface area (Å²) in [6.45, 7) is 7.55. The molecule has 2 fully saturated rings. The van der Waals surface area contributed by atoms with Crippen LogP contribution in [-0.4, -0.2) is 58.1 Å². The van der Waals surface area contributed by atoms with Crippen molar-refractivity contribution in [2.24, 2.45) is 0 Å². The van der Waals surface area contributed by atoms with Crippen molar-refractivity contribution < 1.29 is 19.3 Å². The van der Waals surface area contributed by atoms with Gasteiger partial charge in [0.25, 0.3) is 0 Å². The maximum atomic E-state index is 11.3. The van der Waals surface area contributed by atoms with E-state index in [4.69, 9.17) is 14.5 Å². The molecule has 0 amide bonds. The topological polar surface area (TPSA) is 182 Å². The van der Waals surface area contributed by atoms with Gasteiger partial charge in [0, 0.05) is 54.6 Å². The fraction of sp³-hybridized carbons (Fsp3) is 0.500. The maximum Gasteiger partial charge on any atom is 0.406 e. The predicted octanol–water partition coefficient (Wildman–Crippen LogP) is 15.1. The van der Waals surface area contributed by atoms with Gasteiger partial charge in [0.05, 0.1) is 14.4 Å². The van der Waals surface area contributed by atoms with Gasteiger partial charge in [-0.1, -0.05) is 19.3 Å². The van der Waals surface area contributed by atoms with E-state index in [-0.39, 0.29) is 36.3 Å². The molecule has 6 aromatic heterocycles. The Morgan fingerprint density at radius 2 is 1.07 bits per heavy atom. The van der Waals surface area contributed by atoms with Gasteiger partial charge in [-0.15, -0.1) is 11.3 Å². The molecule has 0 bridgehead atoms. The molecule has 0 N–H and O–H groups in total. The number of pyridine rings is 4. The normalized spacial score (nSPS) is 14.2. The van der Waals surface area contributed by atoms with E-state index in [0.29, 0.717) is 10.4 Å². The van der Waals surface area contributed by atoms with E-state index in [0.717, 1.165) is 32.5 Å². The van der Waals surface area contributed by atoms with Crippen LogP contribution in [0, 0.1) is 20.2 Å². The second kappa shape index (κ2) is 29.2. The van der Waals surface area contributed by atoms with Gasteiger partial charge in [0.2, 0.25) is 11.5 Å². The van der Waals surface area contributed by atoms with Crippen LogP contribution >= 0.6 is 38.6 Å². The molecule has 0 saturated heterocycles. The molecule has 0 spiro atoms. The second-order valence-electron chi connectivity index (χ2n) is 18.2. The van der Waals surface area contributed by atoms with Crippen molar-refractivity contribution in [1.29, 1.82) is 0 Å². The summed E-state index contributed by atoms with van der Waals surface area (Å²) in [6.07, 6.45) is 35.4. The fourth-order valence-electron chi connectivity index (χ4n) is 9.07. The Hall–Kier alpha value is -4.46. The third kappa shape index (κ3) is 16.5. The number of thiazole rings is 2. The molecule has 8 rings (SSSR count). The first-order valence-corrected chi connectivity index (χ1v) is 34.9. The minimum absolute atomic E-state index is 0.131. The third-order valence-electron chi connectivity index (χ3n) is 13.1. The molecule has 6 heterocycles. The average molecular weight is 1160 g/mol. The molecular formula is C52H67BrN8O6S2Sn. The van der Waals surface area contributed by atoms with Gasteiger partial charge in [0.1, 0.15) is 19.4 Å². The number of nitro groups is 2. The summed E-state index contributed by atoms with van der Waals surface area (Å²) in [5.41, 5.74) is 2.54. The first kappa shape index (κ1) is 54.9. The zero-order valence-corrected chi connectivity index (χ0v) is 46.9. The van der Waals surface area contributed by atoms with Gasteiger partial charge >= 0.3 is 171 Å². The van der Waals surface area contributed by atoms with E-state index in [1.54, 1.807) is 67.6 Å². The summed E-state index contributed by atoms with van der Waals surface area (Å²) in [6, 6.07) is 10.4. The number of hydrogen-bond acceptors (Lipinski definition) is 14. The SMILES string of the molecule is CCC[CH2][Sn]([CH2]CCC)([CH2]CCC)[c]1cnc(C2CCCCC2)s1.O=[N+]([O-])c1ncc(-c2cnc(C3CCCCC3)s2)cc1OCc1ccncc1.O=[N+]([O-])c1ncc(Br)cc1OCc1ccncc1. The van der Waals surface area contributed by atoms with Gasteiger partial charge in [-0.3, -0.25) is 9.97 Å². The summed E-state index contributed by atoms with van der Waals surface area (Å²) in [4.78, 5) is 47.2. The van der Waals surface area contributed by atoms with Crippen LogP contribution in [0.1, 0.15) is 156 Å². The van der Waals surface area contributed by atoms with Crippen LogP contribution in [0.25, 0.3) is 10.4 Å². The van der Waals surface area contributed by atoms with Crippen LogP contribution < -0.4 is 12.4 Å². The first-order chi connectivity index (χ1) is 34.1. The molecule has 0 radical (unpaired) electrons. The minimum Gasteiger partial charge on any atom is -0.481 e. The molecule has 14 nitrogen and oxygen atoms in total. The predicted molar refractivity (Wildman–Crippen MR) is 286 cm³/mol. The summed E-state index contributed by atoms with van der Waals surface area (Å²) in [5.74, 6) is 1.03. The van der Waals surface area contributed by atoms with E-state index >= 15 is 0 Å². The number of rotatable bonds is 21. The van der Waals surface area contributed by atoms with Crippen LogP contribution in [0.5, 0.6) is 11.5 Å². The molecule has 18 heteroatoms. The molecular weight excluding hydrogens is 1100 g/mol. The second-order valence-corrected chi connectivity index (χ2v) is 35.4. The van der Waals surface area contributed by atoms with Gasteiger partial charge in [-0.2, -0.15) is 0 Å². The van der Waals surface area contributed by atoms with Crippen LogP contribution in [0.15, 0.2) is 90.4 Å². The van der Waals surface area contributed by atoms with Crippen molar-refractivity contribution in [2.45, 2.75) is 162 Å². The van der Waals surface area contributed by atoms with Gasteiger partial charge in [-0.25, -0.2) is 4.98 Å². The Morgan fingerprint density at radius 3 is 1.56 bits per heavy atom. The Kier molecular flexibility index (Phi) is 22.8. The van der Waals surface area contributed by atoms with Crippen LogP contribution in [-0.2, 0) is 13.2 Å². The molecule has 2 aliphatic carbocycles. The van der Waals surface area contributed by atoms with Crippen molar-refractivity contribution in [3.05, 3.63) is 132 Å². The molecule has 70 heavy (non-hydrogen) atoms. The van der Waals surface area contributed by atoms with Crippen LogP contribution in [0.4, 0.5) is 11.6 Å². The zero-order chi connectivity index (χ0) is 49.6. The number of nitrogens with zero attached hydrogens (tertiary/aromatic N) is 8. The van der Waals surface area contributed by atoms with E-state index in [2.05, 4.69) is 79.2 Å². The number of ether oxygens (including phenoxy) is 2. The van der Waals surface area contributed by atoms with E-state index < -0.39 is 28.2 Å². The maximum absolute atomic E-state index is 11.3. The van der Waals surface area contributed by atoms with Gasteiger partial charge < -0.3 is 29.7 Å². The summed E-state index contributed by atoms with van der Waals surface area (Å²) in [5, 5.41) is 24.8. The number of aromatic nitrogens is 6. The van der Waals surface area contributed by atoms with E-state index in [1.165, 1.54) is 126 Å². The van der Waals surface area contributed by atoms with Crippen LogP contribution in [0.3, 0.4) is 0 Å². The molecule has 374 valence electrons. The largest absolute Gasteiger partial charge is 0.481 e. The Balaban J connectivity index is 0.000000176. The van der Waals surface area contributed by atoms with Crippen molar-refractivity contribution >= 4 is 71.5 Å². The number of unbranched alkanes of at least 4 members (excludes halogenated alkanes) is 3. The fourth-order valence-corrected chi connectivity index (χ4v) is 30.3. The minimum atomic E-state index is -2.21. The van der Waals surface area contributed by atoms with Crippen molar-refractivity contribution in [2.75, 3.05) is 0 Å². The van der Waals surface area contributed by atoms with Gasteiger partial charge in [-0.05, 0) is 84.0 Å².